The summed E-state index contributed by atoms with van der Waals surface area (Å²) >= 11 is 0. The van der Waals surface area contributed by atoms with E-state index >= 15 is 0 Å². The lowest BCUT2D eigenvalue weighted by Crippen LogP contribution is -2.45. The van der Waals surface area contributed by atoms with Crippen LogP contribution in [0.15, 0.2) is 0 Å². The molecule has 104 valence electrons. The predicted octanol–water partition coefficient (Wildman–Crippen LogP) is 2.76. The zero-order chi connectivity index (χ0) is 13.3. The van der Waals surface area contributed by atoms with Crippen molar-refractivity contribution in [3.05, 3.63) is 0 Å². The lowest BCUT2D eigenvalue weighted by atomic mass is 9.83. The van der Waals surface area contributed by atoms with Crippen LogP contribution in [0.5, 0.6) is 0 Å². The topological polar surface area (TPSA) is 32.3 Å². The summed E-state index contributed by atoms with van der Waals surface area (Å²) in [4.78, 5) is 14.6. The maximum absolute atomic E-state index is 12.5. The normalized spacial score (nSPS) is 32.3. The van der Waals surface area contributed by atoms with Crippen molar-refractivity contribution >= 4 is 5.91 Å². The molecule has 3 heteroatoms. The lowest BCUT2D eigenvalue weighted by molar-refractivity contribution is -0.133. The average molecular weight is 252 g/mol. The van der Waals surface area contributed by atoms with E-state index in [4.69, 9.17) is 0 Å². The van der Waals surface area contributed by atoms with E-state index < -0.39 is 0 Å². The number of amides is 1. The maximum Gasteiger partial charge on any atom is 0.241 e. The van der Waals surface area contributed by atoms with Crippen molar-refractivity contribution in [2.24, 2.45) is 11.8 Å². The molecule has 1 aliphatic heterocycles. The summed E-state index contributed by atoms with van der Waals surface area (Å²) in [5.41, 5.74) is 0. The molecule has 0 aromatic heterocycles. The van der Waals surface area contributed by atoms with Gasteiger partial charge in [-0.05, 0) is 38.5 Å². The third kappa shape index (κ3) is 2.56. The van der Waals surface area contributed by atoms with Crippen molar-refractivity contribution in [1.82, 2.24) is 10.2 Å². The molecule has 0 bridgehead atoms. The van der Waals surface area contributed by atoms with Crippen molar-refractivity contribution in [1.29, 1.82) is 0 Å². The number of rotatable bonds is 3. The number of hydrogen-bond donors (Lipinski definition) is 1. The largest absolute Gasteiger partial charge is 0.323 e. The van der Waals surface area contributed by atoms with E-state index in [0.717, 1.165) is 0 Å². The highest BCUT2D eigenvalue weighted by atomic mass is 16.2. The Morgan fingerprint density at radius 1 is 1.17 bits per heavy atom. The van der Waals surface area contributed by atoms with Crippen LogP contribution in [0.25, 0.3) is 0 Å². The monoisotopic (exact) mass is 252 g/mol. The van der Waals surface area contributed by atoms with Gasteiger partial charge in [0.1, 0.15) is 0 Å². The van der Waals surface area contributed by atoms with Crippen LogP contribution in [-0.4, -0.2) is 29.1 Å². The molecule has 2 rings (SSSR count). The number of carbonyl (C=O) groups is 1. The van der Waals surface area contributed by atoms with Gasteiger partial charge in [-0.25, -0.2) is 0 Å². The van der Waals surface area contributed by atoms with Gasteiger partial charge in [0, 0.05) is 6.04 Å². The molecule has 3 unspecified atom stereocenters. The molecule has 1 saturated carbocycles. The van der Waals surface area contributed by atoms with E-state index in [0.29, 0.717) is 23.8 Å². The predicted molar refractivity (Wildman–Crippen MR) is 74.1 cm³/mol. The van der Waals surface area contributed by atoms with E-state index in [9.17, 15) is 4.79 Å². The first-order valence-corrected chi connectivity index (χ1v) is 7.60. The van der Waals surface area contributed by atoms with Gasteiger partial charge in [-0.3, -0.25) is 10.1 Å². The van der Waals surface area contributed by atoms with E-state index in [2.05, 4.69) is 37.9 Å². The van der Waals surface area contributed by atoms with Crippen LogP contribution >= 0.6 is 0 Å². The number of nitrogens with zero attached hydrogens (tertiary/aromatic N) is 1. The first kappa shape index (κ1) is 13.9. The minimum atomic E-state index is 0.0195. The summed E-state index contributed by atoms with van der Waals surface area (Å²) < 4.78 is 0. The standard InChI is InChI=1S/C15H28N2O/c1-10(2)14-15(18)17(12(4)16-14)11(3)13-8-6-5-7-9-13/h10-14,16H,5-9H2,1-4H3. The highest BCUT2D eigenvalue weighted by Crippen LogP contribution is 2.31. The SMILES string of the molecule is CC(C)C1NC(C)N(C(C)C2CCCCC2)C1=O. The first-order chi connectivity index (χ1) is 8.52. The van der Waals surface area contributed by atoms with Gasteiger partial charge >= 0.3 is 0 Å². The van der Waals surface area contributed by atoms with Gasteiger partial charge in [0.25, 0.3) is 0 Å². The van der Waals surface area contributed by atoms with Crippen LogP contribution in [0, 0.1) is 11.8 Å². The average Bonchev–Trinajstić information content (AvgIpc) is 2.65. The maximum atomic E-state index is 12.5. The summed E-state index contributed by atoms with van der Waals surface area (Å²) in [5.74, 6) is 1.40. The van der Waals surface area contributed by atoms with Gasteiger partial charge in [0.05, 0.1) is 12.2 Å². The number of nitrogens with one attached hydrogen (secondary N) is 1. The Morgan fingerprint density at radius 2 is 1.78 bits per heavy atom. The van der Waals surface area contributed by atoms with Gasteiger partial charge in [-0.1, -0.05) is 33.1 Å². The lowest BCUT2D eigenvalue weighted by Gasteiger charge is -2.36. The molecule has 0 aromatic rings. The molecule has 2 aliphatic rings. The molecule has 3 atom stereocenters. The Morgan fingerprint density at radius 3 is 2.28 bits per heavy atom. The van der Waals surface area contributed by atoms with E-state index in [-0.39, 0.29) is 12.2 Å². The van der Waals surface area contributed by atoms with E-state index in [1.54, 1.807) is 0 Å². The van der Waals surface area contributed by atoms with Gasteiger partial charge in [-0.15, -0.1) is 0 Å². The Labute approximate surface area is 111 Å². The van der Waals surface area contributed by atoms with Crippen molar-refractivity contribution < 1.29 is 4.79 Å². The van der Waals surface area contributed by atoms with E-state index in [1.807, 2.05) is 0 Å². The van der Waals surface area contributed by atoms with Crippen LogP contribution in [0.4, 0.5) is 0 Å². The van der Waals surface area contributed by atoms with Crippen LogP contribution in [-0.2, 0) is 4.79 Å². The quantitative estimate of drug-likeness (QED) is 0.837. The molecule has 0 spiro atoms. The second-order valence-electron chi connectivity index (χ2n) is 6.45. The smallest absolute Gasteiger partial charge is 0.241 e. The third-order valence-corrected chi connectivity index (χ3v) is 4.80. The summed E-state index contributed by atoms with van der Waals surface area (Å²) in [6, 6.07) is 0.412. The molecule has 1 heterocycles. The first-order valence-electron chi connectivity index (χ1n) is 7.60. The zero-order valence-corrected chi connectivity index (χ0v) is 12.3. The summed E-state index contributed by atoms with van der Waals surface area (Å²) in [6.07, 6.45) is 6.84. The van der Waals surface area contributed by atoms with Crippen LogP contribution in [0.1, 0.15) is 59.8 Å². The van der Waals surface area contributed by atoms with Crippen molar-refractivity contribution in [3.8, 4) is 0 Å². The van der Waals surface area contributed by atoms with Crippen LogP contribution < -0.4 is 5.32 Å². The molecule has 2 fully saturated rings. The molecular formula is C15H28N2O. The minimum absolute atomic E-state index is 0.0195. The Bertz CT molecular complexity index is 297. The minimum Gasteiger partial charge on any atom is -0.323 e. The molecule has 1 amide bonds. The molecule has 0 radical (unpaired) electrons. The van der Waals surface area contributed by atoms with Gasteiger partial charge in [0.2, 0.25) is 5.91 Å². The third-order valence-electron chi connectivity index (χ3n) is 4.80. The molecule has 18 heavy (non-hydrogen) atoms. The number of hydrogen-bond acceptors (Lipinski definition) is 2. The molecular weight excluding hydrogens is 224 g/mol. The fourth-order valence-electron chi connectivity index (χ4n) is 3.64. The highest BCUT2D eigenvalue weighted by molar-refractivity contribution is 5.84. The van der Waals surface area contributed by atoms with Crippen LogP contribution in [0.3, 0.4) is 0 Å². The zero-order valence-electron chi connectivity index (χ0n) is 12.3. The Kier molecular flexibility index (Phi) is 4.31. The molecule has 0 aromatic carbocycles. The molecule has 1 saturated heterocycles. The molecule has 3 nitrogen and oxygen atoms in total. The summed E-state index contributed by atoms with van der Waals surface area (Å²) in [7, 11) is 0. The Balaban J connectivity index is 2.05. The second-order valence-corrected chi connectivity index (χ2v) is 6.45. The van der Waals surface area contributed by atoms with Crippen molar-refractivity contribution in [3.63, 3.8) is 0 Å². The summed E-state index contributed by atoms with van der Waals surface area (Å²) in [5, 5.41) is 3.45. The fraction of sp³-hybridized carbons (Fsp3) is 0.933. The number of carbonyl (C=O) groups excluding carboxylic acids is 1. The summed E-state index contributed by atoms with van der Waals surface area (Å²) in [6.45, 7) is 8.61. The van der Waals surface area contributed by atoms with Gasteiger partial charge < -0.3 is 4.90 Å². The molecule has 1 N–H and O–H groups in total. The fourth-order valence-corrected chi connectivity index (χ4v) is 3.64. The Hall–Kier alpha value is -0.570. The second kappa shape index (κ2) is 5.60. The van der Waals surface area contributed by atoms with Gasteiger partial charge in [-0.2, -0.15) is 0 Å². The highest BCUT2D eigenvalue weighted by Gasteiger charge is 2.42. The van der Waals surface area contributed by atoms with E-state index in [1.165, 1.54) is 32.1 Å². The van der Waals surface area contributed by atoms with Crippen molar-refractivity contribution in [2.45, 2.75) is 78.0 Å². The van der Waals surface area contributed by atoms with Gasteiger partial charge in [0.15, 0.2) is 0 Å². The van der Waals surface area contributed by atoms with Crippen LogP contribution in [0.2, 0.25) is 0 Å². The van der Waals surface area contributed by atoms with Crippen molar-refractivity contribution in [2.75, 3.05) is 0 Å². The molecule has 1 aliphatic carbocycles.